The number of halogens is 1. The van der Waals surface area contributed by atoms with E-state index in [2.05, 4.69) is 33.9 Å². The number of rotatable bonds is 2. The van der Waals surface area contributed by atoms with Gasteiger partial charge in [-0.05, 0) is 20.0 Å². The SMILES string of the molecule is CC1CN(c2nccc(/C(N)=N/O)c2Cl)CCN1C. The molecular weight excluding hydrogens is 266 g/mol. The van der Waals surface area contributed by atoms with Gasteiger partial charge in [0.25, 0.3) is 0 Å². The molecule has 0 radical (unpaired) electrons. The molecule has 0 aromatic carbocycles. The summed E-state index contributed by atoms with van der Waals surface area (Å²) in [7, 11) is 2.10. The predicted octanol–water partition coefficient (Wildman–Crippen LogP) is 0.970. The lowest BCUT2D eigenvalue weighted by molar-refractivity contribution is 0.233. The number of likely N-dealkylation sites (N-methyl/N-ethyl adjacent to an activating group) is 1. The lowest BCUT2D eigenvalue weighted by Gasteiger charge is -2.38. The minimum absolute atomic E-state index is 0.00386. The van der Waals surface area contributed by atoms with E-state index in [1.54, 1.807) is 12.3 Å². The lowest BCUT2D eigenvalue weighted by atomic mass is 10.2. The van der Waals surface area contributed by atoms with Crippen LogP contribution in [-0.2, 0) is 0 Å². The van der Waals surface area contributed by atoms with Gasteiger partial charge in [-0.25, -0.2) is 4.98 Å². The van der Waals surface area contributed by atoms with Crippen LogP contribution in [0.5, 0.6) is 0 Å². The van der Waals surface area contributed by atoms with Crippen molar-refractivity contribution in [2.45, 2.75) is 13.0 Å². The quantitative estimate of drug-likeness (QED) is 0.366. The van der Waals surface area contributed by atoms with E-state index in [1.165, 1.54) is 0 Å². The molecular formula is C12H18ClN5O. The van der Waals surface area contributed by atoms with E-state index in [-0.39, 0.29) is 5.84 Å². The molecule has 0 spiro atoms. The van der Waals surface area contributed by atoms with Crippen LogP contribution in [0.4, 0.5) is 5.82 Å². The van der Waals surface area contributed by atoms with Crippen molar-refractivity contribution in [3.63, 3.8) is 0 Å². The highest BCUT2D eigenvalue weighted by atomic mass is 35.5. The highest BCUT2D eigenvalue weighted by Crippen LogP contribution is 2.28. The normalized spacial score (nSPS) is 21.7. The molecule has 0 amide bonds. The molecule has 2 rings (SSSR count). The molecule has 1 aromatic rings. The smallest absolute Gasteiger partial charge is 0.171 e. The van der Waals surface area contributed by atoms with E-state index in [0.29, 0.717) is 22.4 Å². The molecule has 1 saturated heterocycles. The largest absolute Gasteiger partial charge is 0.409 e. The zero-order valence-electron chi connectivity index (χ0n) is 11.0. The summed E-state index contributed by atoms with van der Waals surface area (Å²) in [6.07, 6.45) is 1.62. The Morgan fingerprint density at radius 1 is 1.58 bits per heavy atom. The Bertz CT molecular complexity index is 493. The van der Waals surface area contributed by atoms with Crippen LogP contribution in [-0.4, -0.2) is 53.7 Å². The van der Waals surface area contributed by atoms with E-state index in [9.17, 15) is 0 Å². The van der Waals surface area contributed by atoms with Crippen molar-refractivity contribution in [3.8, 4) is 0 Å². The van der Waals surface area contributed by atoms with Crippen molar-refractivity contribution in [2.24, 2.45) is 10.9 Å². The third-order valence-electron chi connectivity index (χ3n) is 3.51. The fraction of sp³-hybridized carbons (Fsp3) is 0.500. The molecule has 3 N–H and O–H groups in total. The van der Waals surface area contributed by atoms with E-state index < -0.39 is 0 Å². The zero-order valence-corrected chi connectivity index (χ0v) is 11.8. The minimum Gasteiger partial charge on any atom is -0.409 e. The minimum atomic E-state index is -0.00386. The van der Waals surface area contributed by atoms with Gasteiger partial charge in [0, 0.05) is 37.4 Å². The molecule has 2 heterocycles. The predicted molar refractivity (Wildman–Crippen MR) is 76.1 cm³/mol. The first kappa shape index (κ1) is 13.9. The van der Waals surface area contributed by atoms with Gasteiger partial charge in [0.05, 0.1) is 5.02 Å². The van der Waals surface area contributed by atoms with Crippen molar-refractivity contribution >= 4 is 23.3 Å². The topological polar surface area (TPSA) is 78.0 Å². The number of nitrogens with two attached hydrogens (primary N) is 1. The van der Waals surface area contributed by atoms with Gasteiger partial charge in [0.1, 0.15) is 5.82 Å². The fourth-order valence-electron chi connectivity index (χ4n) is 2.15. The summed E-state index contributed by atoms with van der Waals surface area (Å²) in [4.78, 5) is 8.74. The number of aromatic nitrogens is 1. The molecule has 0 saturated carbocycles. The van der Waals surface area contributed by atoms with E-state index in [4.69, 9.17) is 22.5 Å². The van der Waals surface area contributed by atoms with Crippen LogP contribution < -0.4 is 10.6 Å². The monoisotopic (exact) mass is 283 g/mol. The van der Waals surface area contributed by atoms with Crippen LogP contribution >= 0.6 is 11.6 Å². The lowest BCUT2D eigenvalue weighted by Crippen LogP contribution is -2.50. The van der Waals surface area contributed by atoms with E-state index in [0.717, 1.165) is 19.6 Å². The Labute approximate surface area is 117 Å². The maximum absolute atomic E-state index is 8.75. The first-order valence-corrected chi connectivity index (χ1v) is 6.50. The summed E-state index contributed by atoms with van der Waals surface area (Å²) in [6, 6.07) is 2.07. The van der Waals surface area contributed by atoms with Crippen LogP contribution in [0.2, 0.25) is 5.02 Å². The molecule has 104 valence electrons. The summed E-state index contributed by atoms with van der Waals surface area (Å²) in [6.45, 7) is 4.82. The van der Waals surface area contributed by atoms with Gasteiger partial charge >= 0.3 is 0 Å². The second-order valence-corrected chi connectivity index (χ2v) is 5.13. The molecule has 1 aliphatic rings. The Balaban J connectivity index is 2.31. The van der Waals surface area contributed by atoms with Crippen LogP contribution in [0.15, 0.2) is 17.4 Å². The van der Waals surface area contributed by atoms with Crippen molar-refractivity contribution in [1.29, 1.82) is 0 Å². The second-order valence-electron chi connectivity index (χ2n) is 4.76. The molecule has 19 heavy (non-hydrogen) atoms. The summed E-state index contributed by atoms with van der Waals surface area (Å²) >= 11 is 6.31. The average molecular weight is 284 g/mol. The third-order valence-corrected chi connectivity index (χ3v) is 3.89. The molecule has 7 heteroatoms. The molecule has 0 bridgehead atoms. The first-order chi connectivity index (χ1) is 9.04. The standard InChI is InChI=1S/C12H18ClN5O/c1-8-7-18(6-5-17(8)2)12-10(13)9(3-4-15-12)11(14)16-19/h3-4,8,19H,5-7H2,1-2H3,(H2,14,16). The van der Waals surface area contributed by atoms with Gasteiger partial charge in [-0.3, -0.25) is 0 Å². The Morgan fingerprint density at radius 3 is 2.95 bits per heavy atom. The number of oxime groups is 1. The molecule has 6 nitrogen and oxygen atoms in total. The van der Waals surface area contributed by atoms with Gasteiger partial charge in [0.2, 0.25) is 0 Å². The number of anilines is 1. The van der Waals surface area contributed by atoms with Crippen LogP contribution in [0.3, 0.4) is 0 Å². The molecule has 1 aliphatic heterocycles. The van der Waals surface area contributed by atoms with Gasteiger partial charge in [-0.2, -0.15) is 0 Å². The fourth-order valence-corrected chi connectivity index (χ4v) is 2.47. The number of pyridine rings is 1. The van der Waals surface area contributed by atoms with Gasteiger partial charge in [-0.1, -0.05) is 16.8 Å². The zero-order chi connectivity index (χ0) is 14.0. The number of hydrogen-bond acceptors (Lipinski definition) is 5. The molecule has 1 fully saturated rings. The maximum Gasteiger partial charge on any atom is 0.171 e. The van der Waals surface area contributed by atoms with Crippen LogP contribution in [0, 0.1) is 0 Å². The number of nitrogens with zero attached hydrogens (tertiary/aromatic N) is 4. The van der Waals surface area contributed by atoms with Gasteiger partial charge < -0.3 is 20.7 Å². The molecule has 1 atom stereocenters. The molecule has 1 unspecified atom stereocenters. The van der Waals surface area contributed by atoms with Gasteiger partial charge in [-0.15, -0.1) is 0 Å². The van der Waals surface area contributed by atoms with Crippen molar-refractivity contribution in [1.82, 2.24) is 9.88 Å². The first-order valence-electron chi connectivity index (χ1n) is 6.12. The Kier molecular flexibility index (Phi) is 4.11. The van der Waals surface area contributed by atoms with Crippen molar-refractivity contribution in [2.75, 3.05) is 31.6 Å². The van der Waals surface area contributed by atoms with E-state index in [1.807, 2.05) is 0 Å². The average Bonchev–Trinajstić information content (AvgIpc) is 2.41. The Hall–Kier alpha value is -1.53. The van der Waals surface area contributed by atoms with Gasteiger partial charge in [0.15, 0.2) is 5.84 Å². The summed E-state index contributed by atoms with van der Waals surface area (Å²) in [5.41, 5.74) is 6.10. The molecule has 0 aliphatic carbocycles. The van der Waals surface area contributed by atoms with Crippen LogP contribution in [0.1, 0.15) is 12.5 Å². The second kappa shape index (κ2) is 5.63. The van der Waals surface area contributed by atoms with Crippen molar-refractivity contribution in [3.05, 3.63) is 22.8 Å². The van der Waals surface area contributed by atoms with Crippen molar-refractivity contribution < 1.29 is 5.21 Å². The molecule has 1 aromatic heterocycles. The highest BCUT2D eigenvalue weighted by molar-refractivity contribution is 6.36. The summed E-state index contributed by atoms with van der Waals surface area (Å²) < 4.78 is 0. The Morgan fingerprint density at radius 2 is 2.32 bits per heavy atom. The highest BCUT2D eigenvalue weighted by Gasteiger charge is 2.24. The third kappa shape index (κ3) is 2.74. The number of piperazine rings is 1. The van der Waals surface area contributed by atoms with Crippen LogP contribution in [0.25, 0.3) is 0 Å². The summed E-state index contributed by atoms with van der Waals surface area (Å²) in [5.74, 6) is 0.682. The number of hydrogen-bond donors (Lipinski definition) is 2. The maximum atomic E-state index is 8.75. The van der Waals surface area contributed by atoms with E-state index >= 15 is 0 Å². The summed E-state index contributed by atoms with van der Waals surface area (Å²) in [5, 5.41) is 12.2. The number of amidine groups is 1.